The van der Waals surface area contributed by atoms with Crippen molar-refractivity contribution in [3.05, 3.63) is 35.9 Å². The number of rotatable bonds is 6. The molecule has 2 rings (SSSR count). The average Bonchev–Trinajstić information content (AvgIpc) is 3.04. The first kappa shape index (κ1) is 15.2. The lowest BCUT2D eigenvalue weighted by Gasteiger charge is -2.14. The standard InChI is InChI=1S/C14H15F2NO4/c15-14(16)7-10(14)6-11(12(18)19)17-13(20)21-8-9-4-2-1-3-5-9/h1-5,10-11H,6-8H2,(H,17,20)(H,18,19). The minimum atomic E-state index is -2.82. The number of halogens is 2. The zero-order valence-corrected chi connectivity index (χ0v) is 11.1. The number of carbonyl (C=O) groups is 2. The summed E-state index contributed by atoms with van der Waals surface area (Å²) in [5.74, 6) is -5.16. The van der Waals surface area contributed by atoms with Crippen molar-refractivity contribution in [3.8, 4) is 0 Å². The molecule has 2 unspecified atom stereocenters. The van der Waals surface area contributed by atoms with Crippen LogP contribution in [0.3, 0.4) is 0 Å². The van der Waals surface area contributed by atoms with Crippen LogP contribution in [0, 0.1) is 5.92 Å². The van der Waals surface area contributed by atoms with Gasteiger partial charge in [0.05, 0.1) is 0 Å². The number of amides is 1. The van der Waals surface area contributed by atoms with Crippen molar-refractivity contribution in [3.63, 3.8) is 0 Å². The number of aliphatic carboxylic acids is 1. The zero-order chi connectivity index (χ0) is 15.5. The Morgan fingerprint density at radius 3 is 2.52 bits per heavy atom. The third kappa shape index (κ3) is 4.40. The smallest absolute Gasteiger partial charge is 0.408 e. The number of benzene rings is 1. The summed E-state index contributed by atoms with van der Waals surface area (Å²) in [7, 11) is 0. The molecule has 114 valence electrons. The normalized spacial score (nSPS) is 20.4. The van der Waals surface area contributed by atoms with Crippen molar-refractivity contribution < 1.29 is 28.2 Å². The van der Waals surface area contributed by atoms with E-state index >= 15 is 0 Å². The van der Waals surface area contributed by atoms with Crippen LogP contribution >= 0.6 is 0 Å². The van der Waals surface area contributed by atoms with Gasteiger partial charge in [-0.15, -0.1) is 0 Å². The molecule has 1 amide bonds. The van der Waals surface area contributed by atoms with E-state index in [0.29, 0.717) is 0 Å². The van der Waals surface area contributed by atoms with Crippen molar-refractivity contribution >= 4 is 12.1 Å². The van der Waals surface area contributed by atoms with E-state index in [1.807, 2.05) is 0 Å². The SMILES string of the molecule is O=C(NC(CC1CC1(F)F)C(=O)O)OCc1ccccc1. The molecule has 0 spiro atoms. The number of nitrogens with one attached hydrogen (secondary N) is 1. The van der Waals surface area contributed by atoms with E-state index in [4.69, 9.17) is 9.84 Å². The fourth-order valence-corrected chi connectivity index (χ4v) is 1.94. The monoisotopic (exact) mass is 299 g/mol. The molecule has 7 heteroatoms. The Balaban J connectivity index is 1.80. The number of carbonyl (C=O) groups excluding carboxylic acids is 1. The van der Waals surface area contributed by atoms with Crippen molar-refractivity contribution in [1.29, 1.82) is 0 Å². The van der Waals surface area contributed by atoms with Gasteiger partial charge in [0.1, 0.15) is 12.6 Å². The first-order valence-electron chi connectivity index (χ1n) is 6.46. The molecule has 0 aliphatic heterocycles. The average molecular weight is 299 g/mol. The molecule has 1 aromatic carbocycles. The van der Waals surface area contributed by atoms with E-state index in [1.54, 1.807) is 30.3 Å². The highest BCUT2D eigenvalue weighted by Crippen LogP contribution is 2.51. The predicted octanol–water partition coefficient (Wildman–Crippen LogP) is 2.41. The maximum absolute atomic E-state index is 12.8. The van der Waals surface area contributed by atoms with Gasteiger partial charge in [0, 0.05) is 12.3 Å². The fraction of sp³-hybridized carbons (Fsp3) is 0.429. The van der Waals surface area contributed by atoms with Gasteiger partial charge in [-0.1, -0.05) is 30.3 Å². The van der Waals surface area contributed by atoms with Crippen LogP contribution in [-0.2, 0) is 16.1 Å². The summed E-state index contributed by atoms with van der Waals surface area (Å²) in [5, 5.41) is 11.0. The van der Waals surface area contributed by atoms with Crippen LogP contribution in [0.4, 0.5) is 13.6 Å². The van der Waals surface area contributed by atoms with Crippen LogP contribution in [0.2, 0.25) is 0 Å². The summed E-state index contributed by atoms with van der Waals surface area (Å²) in [6, 6.07) is 7.46. The molecule has 5 nitrogen and oxygen atoms in total. The lowest BCUT2D eigenvalue weighted by molar-refractivity contribution is -0.139. The van der Waals surface area contributed by atoms with Gasteiger partial charge >= 0.3 is 12.1 Å². The molecule has 1 fully saturated rings. The van der Waals surface area contributed by atoms with Gasteiger partial charge in [-0.3, -0.25) is 0 Å². The van der Waals surface area contributed by atoms with E-state index in [0.717, 1.165) is 5.56 Å². The molecule has 21 heavy (non-hydrogen) atoms. The number of hydrogen-bond donors (Lipinski definition) is 2. The Bertz CT molecular complexity index is 521. The highest BCUT2D eigenvalue weighted by atomic mass is 19.3. The number of alkyl halides is 2. The lowest BCUT2D eigenvalue weighted by Crippen LogP contribution is -2.41. The van der Waals surface area contributed by atoms with Gasteiger partial charge in [-0.05, 0) is 12.0 Å². The lowest BCUT2D eigenvalue weighted by atomic mass is 10.1. The topological polar surface area (TPSA) is 75.6 Å². The van der Waals surface area contributed by atoms with E-state index in [2.05, 4.69) is 5.32 Å². The van der Waals surface area contributed by atoms with Crippen LogP contribution in [0.1, 0.15) is 18.4 Å². The maximum Gasteiger partial charge on any atom is 0.408 e. The minimum Gasteiger partial charge on any atom is -0.480 e. The Morgan fingerprint density at radius 2 is 2.00 bits per heavy atom. The first-order valence-corrected chi connectivity index (χ1v) is 6.46. The Hall–Kier alpha value is -2.18. The first-order chi connectivity index (χ1) is 9.88. The van der Waals surface area contributed by atoms with Crippen molar-refractivity contribution in [2.45, 2.75) is 31.4 Å². The third-order valence-electron chi connectivity index (χ3n) is 3.28. The highest BCUT2D eigenvalue weighted by molar-refractivity contribution is 5.79. The Morgan fingerprint density at radius 1 is 1.38 bits per heavy atom. The molecule has 2 atom stereocenters. The van der Waals surface area contributed by atoms with E-state index in [1.165, 1.54) is 0 Å². The Kier molecular flexibility index (Phi) is 4.40. The summed E-state index contributed by atoms with van der Waals surface area (Å²) >= 11 is 0. The van der Waals surface area contributed by atoms with Crippen LogP contribution in [0.25, 0.3) is 0 Å². The van der Waals surface area contributed by atoms with Gasteiger partial charge in [0.2, 0.25) is 0 Å². The molecular formula is C14H15F2NO4. The zero-order valence-electron chi connectivity index (χ0n) is 11.1. The number of carboxylic acid groups (broad SMARTS) is 1. The van der Waals surface area contributed by atoms with E-state index in [9.17, 15) is 18.4 Å². The number of carboxylic acids is 1. The molecule has 1 aromatic rings. The second-order valence-electron chi connectivity index (χ2n) is 4.99. The van der Waals surface area contributed by atoms with Gasteiger partial charge in [0.25, 0.3) is 5.92 Å². The van der Waals surface area contributed by atoms with Gasteiger partial charge < -0.3 is 15.2 Å². The van der Waals surface area contributed by atoms with Crippen molar-refractivity contribution in [2.75, 3.05) is 0 Å². The summed E-state index contributed by atoms with van der Waals surface area (Å²) in [5.41, 5.74) is 0.744. The van der Waals surface area contributed by atoms with Crippen molar-refractivity contribution in [1.82, 2.24) is 5.32 Å². The summed E-state index contributed by atoms with van der Waals surface area (Å²) < 4.78 is 30.4. The second kappa shape index (κ2) is 6.07. The third-order valence-corrected chi connectivity index (χ3v) is 3.28. The molecule has 2 N–H and O–H groups in total. The molecule has 1 aliphatic carbocycles. The summed E-state index contributed by atoms with van der Waals surface area (Å²) in [4.78, 5) is 22.5. The molecule has 0 aromatic heterocycles. The maximum atomic E-state index is 12.8. The molecule has 1 saturated carbocycles. The second-order valence-corrected chi connectivity index (χ2v) is 4.99. The fourth-order valence-electron chi connectivity index (χ4n) is 1.94. The van der Waals surface area contributed by atoms with Gasteiger partial charge in [0.15, 0.2) is 0 Å². The predicted molar refractivity (Wildman–Crippen MR) is 68.9 cm³/mol. The highest BCUT2D eigenvalue weighted by Gasteiger charge is 2.57. The molecule has 1 aliphatic rings. The molecule has 0 heterocycles. The van der Waals surface area contributed by atoms with E-state index in [-0.39, 0.29) is 19.4 Å². The molecule has 0 radical (unpaired) electrons. The summed E-state index contributed by atoms with van der Waals surface area (Å²) in [6.07, 6.45) is -1.57. The molecule has 0 bridgehead atoms. The quantitative estimate of drug-likeness (QED) is 0.846. The number of alkyl carbamates (subject to hydrolysis) is 1. The van der Waals surface area contributed by atoms with Crippen LogP contribution < -0.4 is 5.32 Å². The largest absolute Gasteiger partial charge is 0.480 e. The Labute approximate surface area is 119 Å². The van der Waals surface area contributed by atoms with Crippen LogP contribution in [0.5, 0.6) is 0 Å². The van der Waals surface area contributed by atoms with Gasteiger partial charge in [-0.2, -0.15) is 0 Å². The molecular weight excluding hydrogens is 284 g/mol. The van der Waals surface area contributed by atoms with E-state index < -0.39 is 29.9 Å². The van der Waals surface area contributed by atoms with Crippen molar-refractivity contribution in [2.24, 2.45) is 5.92 Å². The number of ether oxygens (including phenoxy) is 1. The molecule has 0 saturated heterocycles. The van der Waals surface area contributed by atoms with Crippen LogP contribution in [0.15, 0.2) is 30.3 Å². The van der Waals surface area contributed by atoms with Crippen LogP contribution in [-0.4, -0.2) is 29.1 Å². The minimum absolute atomic E-state index is 0.0153. The summed E-state index contributed by atoms with van der Waals surface area (Å²) in [6.45, 7) is -0.0153. The van der Waals surface area contributed by atoms with Gasteiger partial charge in [-0.25, -0.2) is 18.4 Å². The number of hydrogen-bond acceptors (Lipinski definition) is 3.